The fourth-order valence-corrected chi connectivity index (χ4v) is 4.33. The van der Waals surface area contributed by atoms with Gasteiger partial charge in [-0.05, 0) is 51.4 Å². The van der Waals surface area contributed by atoms with Crippen LogP contribution in [0.1, 0.15) is 46.4 Å². The highest BCUT2D eigenvalue weighted by Gasteiger charge is 2.28. The molecule has 4 rings (SSSR count). The summed E-state index contributed by atoms with van der Waals surface area (Å²) in [4.78, 5) is 19.7. The van der Waals surface area contributed by atoms with E-state index < -0.39 is 0 Å². The summed E-state index contributed by atoms with van der Waals surface area (Å²) in [6.07, 6.45) is 3.71. The molecule has 0 bridgehead atoms. The van der Waals surface area contributed by atoms with Gasteiger partial charge in [-0.2, -0.15) is 4.98 Å². The van der Waals surface area contributed by atoms with E-state index in [2.05, 4.69) is 26.2 Å². The third-order valence-electron chi connectivity index (χ3n) is 5.93. The van der Waals surface area contributed by atoms with Crippen molar-refractivity contribution >= 4 is 5.78 Å². The molecule has 1 aromatic carbocycles. The Bertz CT molecular complexity index is 1100. The first kappa shape index (κ1) is 21.2. The second-order valence-corrected chi connectivity index (χ2v) is 8.15. The van der Waals surface area contributed by atoms with Crippen molar-refractivity contribution in [3.8, 4) is 11.4 Å². The van der Waals surface area contributed by atoms with Crippen LogP contribution in [0, 0.1) is 19.7 Å². The van der Waals surface area contributed by atoms with Gasteiger partial charge >= 0.3 is 0 Å². The number of hydrogen-bond acceptors (Lipinski definition) is 5. The van der Waals surface area contributed by atoms with Gasteiger partial charge in [-0.25, -0.2) is 4.39 Å². The number of halogens is 1. The lowest BCUT2D eigenvalue weighted by Crippen LogP contribution is -2.38. The van der Waals surface area contributed by atoms with Crippen molar-refractivity contribution in [2.45, 2.75) is 39.2 Å². The third kappa shape index (κ3) is 4.51. The van der Waals surface area contributed by atoms with Gasteiger partial charge in [0.1, 0.15) is 5.82 Å². The Balaban J connectivity index is 1.44. The molecular formula is C24H27FN4O2. The summed E-state index contributed by atoms with van der Waals surface area (Å²) in [6, 6.07) is 8.12. The fraction of sp³-hybridized carbons (Fsp3) is 0.375. The minimum absolute atomic E-state index is 0.0598. The van der Waals surface area contributed by atoms with Gasteiger partial charge in [-0.3, -0.25) is 9.69 Å². The number of hydrogen-bond donors (Lipinski definition) is 0. The minimum atomic E-state index is -0.335. The van der Waals surface area contributed by atoms with Gasteiger partial charge in [0.05, 0.1) is 12.5 Å². The Labute approximate surface area is 181 Å². The van der Waals surface area contributed by atoms with E-state index in [0.717, 1.165) is 36.3 Å². The molecule has 1 saturated heterocycles. The highest BCUT2D eigenvalue weighted by atomic mass is 19.1. The summed E-state index contributed by atoms with van der Waals surface area (Å²) >= 11 is 0. The molecule has 0 saturated carbocycles. The van der Waals surface area contributed by atoms with E-state index in [-0.39, 0.29) is 17.5 Å². The van der Waals surface area contributed by atoms with E-state index in [4.69, 9.17) is 4.52 Å². The minimum Gasteiger partial charge on any atom is -0.345 e. The molecule has 1 unspecified atom stereocenters. The zero-order valence-electron chi connectivity index (χ0n) is 18.0. The highest BCUT2D eigenvalue weighted by Crippen LogP contribution is 2.28. The maximum absolute atomic E-state index is 13.5. The van der Waals surface area contributed by atoms with Crippen LogP contribution in [0.5, 0.6) is 0 Å². The number of likely N-dealkylation sites (tertiary alicyclic amines) is 1. The molecule has 3 heterocycles. The molecule has 0 radical (unpaired) electrons. The molecule has 3 aromatic rings. The maximum Gasteiger partial charge on any atom is 0.231 e. The van der Waals surface area contributed by atoms with Crippen molar-refractivity contribution in [1.82, 2.24) is 19.6 Å². The topological polar surface area (TPSA) is 64.2 Å². The van der Waals surface area contributed by atoms with Crippen molar-refractivity contribution in [3.63, 3.8) is 0 Å². The Morgan fingerprint density at radius 3 is 2.97 bits per heavy atom. The van der Waals surface area contributed by atoms with Crippen LogP contribution in [-0.4, -0.2) is 45.0 Å². The second-order valence-electron chi connectivity index (χ2n) is 8.15. The number of allylic oxidation sites excluding steroid dienone is 1. The lowest BCUT2D eigenvalue weighted by molar-refractivity contribution is 0.0898. The van der Waals surface area contributed by atoms with Gasteiger partial charge in [0, 0.05) is 35.6 Å². The monoisotopic (exact) mass is 422 g/mol. The molecule has 6 nitrogen and oxygen atoms in total. The number of piperidine rings is 1. The van der Waals surface area contributed by atoms with Gasteiger partial charge in [0.15, 0.2) is 5.78 Å². The standard InChI is InChI=1S/C24H27FN4O2/c1-4-10-29-16(2)12-21(17(29)3)22(30)15-28-11-6-8-19(14-28)24-26-23(27-31-24)18-7-5-9-20(25)13-18/h4-5,7,9,12-13,19H,1,6,8,10-11,14-15H2,2-3H3. The molecule has 0 amide bonds. The molecule has 1 aliphatic heterocycles. The van der Waals surface area contributed by atoms with Crippen molar-refractivity contribution in [1.29, 1.82) is 0 Å². The molecule has 0 spiro atoms. The van der Waals surface area contributed by atoms with Gasteiger partial charge in [-0.15, -0.1) is 6.58 Å². The Kier molecular flexibility index (Phi) is 6.13. The quantitative estimate of drug-likeness (QED) is 0.413. The maximum atomic E-state index is 13.5. The average molecular weight is 423 g/mol. The number of aromatic nitrogens is 3. The second kappa shape index (κ2) is 8.98. The molecule has 7 heteroatoms. The van der Waals surface area contributed by atoms with Gasteiger partial charge < -0.3 is 9.09 Å². The first-order valence-electron chi connectivity index (χ1n) is 10.6. The molecule has 0 N–H and O–H groups in total. The van der Waals surface area contributed by atoms with E-state index in [1.165, 1.54) is 12.1 Å². The Morgan fingerprint density at radius 1 is 1.35 bits per heavy atom. The SMILES string of the molecule is C=CCn1c(C)cc(C(=O)CN2CCCC(c3nc(-c4cccc(F)c4)no3)C2)c1C. The van der Waals surface area contributed by atoms with Crippen molar-refractivity contribution in [2.24, 2.45) is 0 Å². The van der Waals surface area contributed by atoms with Gasteiger partial charge in [0.2, 0.25) is 11.7 Å². The van der Waals surface area contributed by atoms with Crippen molar-refractivity contribution < 1.29 is 13.7 Å². The summed E-state index contributed by atoms with van der Waals surface area (Å²) in [5.41, 5.74) is 3.40. The first-order chi connectivity index (χ1) is 15.0. The number of nitrogens with zero attached hydrogens (tertiary/aromatic N) is 4. The predicted octanol–water partition coefficient (Wildman–Crippen LogP) is 4.54. The molecule has 162 valence electrons. The summed E-state index contributed by atoms with van der Waals surface area (Å²) < 4.78 is 21.1. The number of aryl methyl sites for hydroxylation is 1. The number of rotatable bonds is 7. The lowest BCUT2D eigenvalue weighted by Gasteiger charge is -2.30. The number of carbonyl (C=O) groups is 1. The number of carbonyl (C=O) groups excluding carboxylic acids is 1. The summed E-state index contributed by atoms with van der Waals surface area (Å²) in [5.74, 6) is 0.774. The van der Waals surface area contributed by atoms with E-state index in [1.54, 1.807) is 12.1 Å². The van der Waals surface area contributed by atoms with Gasteiger partial charge in [0.25, 0.3) is 0 Å². The smallest absolute Gasteiger partial charge is 0.231 e. The van der Waals surface area contributed by atoms with Crippen LogP contribution in [0.3, 0.4) is 0 Å². The largest absolute Gasteiger partial charge is 0.345 e. The molecular weight excluding hydrogens is 395 g/mol. The van der Waals surface area contributed by atoms with E-state index in [9.17, 15) is 9.18 Å². The fourth-order valence-electron chi connectivity index (χ4n) is 4.33. The summed E-state index contributed by atoms with van der Waals surface area (Å²) in [6.45, 7) is 10.4. The average Bonchev–Trinajstić information content (AvgIpc) is 3.35. The number of ketones is 1. The van der Waals surface area contributed by atoms with E-state index in [0.29, 0.717) is 36.9 Å². The van der Waals surface area contributed by atoms with Crippen LogP contribution in [0.4, 0.5) is 4.39 Å². The predicted molar refractivity (Wildman–Crippen MR) is 117 cm³/mol. The van der Waals surface area contributed by atoms with Crippen molar-refractivity contribution in [3.05, 3.63) is 71.6 Å². The highest BCUT2D eigenvalue weighted by molar-refractivity contribution is 5.99. The lowest BCUT2D eigenvalue weighted by atomic mass is 9.97. The zero-order valence-corrected chi connectivity index (χ0v) is 18.0. The third-order valence-corrected chi connectivity index (χ3v) is 5.93. The van der Waals surface area contributed by atoms with Crippen molar-refractivity contribution in [2.75, 3.05) is 19.6 Å². The molecule has 31 heavy (non-hydrogen) atoms. The van der Waals surface area contributed by atoms with E-state index >= 15 is 0 Å². The van der Waals surface area contributed by atoms with Crippen LogP contribution in [0.2, 0.25) is 0 Å². The number of benzene rings is 1. The zero-order chi connectivity index (χ0) is 22.0. The van der Waals surface area contributed by atoms with Crippen LogP contribution in [0.15, 0.2) is 47.5 Å². The Hall–Kier alpha value is -3.06. The van der Waals surface area contributed by atoms with Crippen LogP contribution >= 0.6 is 0 Å². The molecule has 2 aromatic heterocycles. The molecule has 1 atom stereocenters. The summed E-state index contributed by atoms with van der Waals surface area (Å²) in [7, 11) is 0. The molecule has 1 fully saturated rings. The van der Waals surface area contributed by atoms with Crippen LogP contribution in [-0.2, 0) is 6.54 Å². The number of Topliss-reactive ketones (excluding diaryl/α,β-unsaturated/α-hetero) is 1. The van der Waals surface area contributed by atoms with Crippen LogP contribution in [0.25, 0.3) is 11.4 Å². The van der Waals surface area contributed by atoms with Crippen LogP contribution < -0.4 is 0 Å². The summed E-state index contributed by atoms with van der Waals surface area (Å²) in [5, 5.41) is 4.03. The van der Waals surface area contributed by atoms with Gasteiger partial charge in [-0.1, -0.05) is 23.4 Å². The first-order valence-corrected chi connectivity index (χ1v) is 10.6. The molecule has 1 aliphatic rings. The normalized spacial score (nSPS) is 17.1. The molecule has 0 aliphatic carbocycles. The Morgan fingerprint density at radius 2 is 2.19 bits per heavy atom. The van der Waals surface area contributed by atoms with E-state index in [1.807, 2.05) is 26.0 Å².